The Morgan fingerprint density at radius 3 is 2.44 bits per heavy atom. The average Bonchev–Trinajstić information content (AvgIpc) is 2.85. The van der Waals surface area contributed by atoms with Gasteiger partial charge in [0, 0.05) is 54.7 Å². The maximum Gasteiger partial charge on any atom is 0.416 e. The minimum absolute atomic E-state index is 0.174. The maximum absolute atomic E-state index is 13.0. The number of halogens is 3. The zero-order chi connectivity index (χ0) is 25.5. The van der Waals surface area contributed by atoms with E-state index in [1.165, 1.54) is 25.0 Å². The molecule has 192 valence electrons. The highest BCUT2D eigenvalue weighted by Crippen LogP contribution is 2.37. The summed E-state index contributed by atoms with van der Waals surface area (Å²) in [6.45, 7) is 4.83. The molecule has 3 aliphatic rings. The first-order valence-electron chi connectivity index (χ1n) is 12.8. The molecule has 8 heteroatoms. The Labute approximate surface area is 210 Å². The van der Waals surface area contributed by atoms with Crippen LogP contribution >= 0.6 is 0 Å². The predicted octanol–water partition coefficient (Wildman–Crippen LogP) is 4.59. The van der Waals surface area contributed by atoms with Crippen LogP contribution in [0.2, 0.25) is 0 Å². The Hall–Kier alpha value is -2.76. The SMILES string of the molecule is CC(C)(O)C#Cc1ccnc(N2C3CCCCC3NC3CN(c4ccc(C(F)(F)F)cc4)CCC32)c1. The van der Waals surface area contributed by atoms with E-state index in [4.69, 9.17) is 4.98 Å². The molecule has 5 rings (SSSR count). The molecule has 2 aliphatic heterocycles. The van der Waals surface area contributed by atoms with Crippen molar-refractivity contribution in [1.29, 1.82) is 0 Å². The van der Waals surface area contributed by atoms with Gasteiger partial charge in [0.15, 0.2) is 0 Å². The highest BCUT2D eigenvalue weighted by Gasteiger charge is 2.46. The van der Waals surface area contributed by atoms with Crippen molar-refractivity contribution in [3.8, 4) is 11.8 Å². The van der Waals surface area contributed by atoms with Crippen molar-refractivity contribution in [3.05, 3.63) is 53.7 Å². The predicted molar refractivity (Wildman–Crippen MR) is 135 cm³/mol. The number of aromatic nitrogens is 1. The van der Waals surface area contributed by atoms with Gasteiger partial charge in [-0.3, -0.25) is 0 Å². The minimum Gasteiger partial charge on any atom is -0.378 e. The van der Waals surface area contributed by atoms with E-state index in [0.717, 1.165) is 49.4 Å². The Morgan fingerprint density at radius 2 is 1.72 bits per heavy atom. The summed E-state index contributed by atoms with van der Waals surface area (Å²) in [5.41, 5.74) is -0.0375. The fourth-order valence-corrected chi connectivity index (χ4v) is 5.89. The van der Waals surface area contributed by atoms with Crippen molar-refractivity contribution in [1.82, 2.24) is 10.3 Å². The van der Waals surface area contributed by atoms with E-state index in [1.807, 2.05) is 12.1 Å². The molecule has 3 heterocycles. The highest BCUT2D eigenvalue weighted by atomic mass is 19.4. The lowest BCUT2D eigenvalue weighted by Crippen LogP contribution is -2.72. The number of nitrogens with zero attached hydrogens (tertiary/aromatic N) is 3. The van der Waals surface area contributed by atoms with Gasteiger partial charge in [0.1, 0.15) is 11.4 Å². The molecule has 1 aliphatic carbocycles. The third-order valence-corrected chi connectivity index (χ3v) is 7.53. The summed E-state index contributed by atoms with van der Waals surface area (Å²) in [7, 11) is 0. The third kappa shape index (κ3) is 5.33. The zero-order valence-electron chi connectivity index (χ0n) is 20.7. The molecule has 4 atom stereocenters. The molecule has 1 aromatic heterocycles. The first-order valence-corrected chi connectivity index (χ1v) is 12.8. The number of piperidine rings is 1. The smallest absolute Gasteiger partial charge is 0.378 e. The second kappa shape index (κ2) is 9.60. The Balaban J connectivity index is 1.41. The summed E-state index contributed by atoms with van der Waals surface area (Å²) in [6.07, 6.45) is 2.91. The van der Waals surface area contributed by atoms with Gasteiger partial charge in [0.05, 0.1) is 5.56 Å². The number of fused-ring (bicyclic) bond motifs is 2. The lowest BCUT2D eigenvalue weighted by molar-refractivity contribution is -0.137. The van der Waals surface area contributed by atoms with Crippen LogP contribution in [-0.2, 0) is 6.18 Å². The van der Waals surface area contributed by atoms with Crippen molar-refractivity contribution in [2.75, 3.05) is 22.9 Å². The monoisotopic (exact) mass is 498 g/mol. The first kappa shape index (κ1) is 24.9. The summed E-state index contributed by atoms with van der Waals surface area (Å²) >= 11 is 0. The first-order chi connectivity index (χ1) is 17.1. The largest absolute Gasteiger partial charge is 0.416 e. The van der Waals surface area contributed by atoms with Crippen LogP contribution in [0.5, 0.6) is 0 Å². The number of hydrogen-bond acceptors (Lipinski definition) is 5. The summed E-state index contributed by atoms with van der Waals surface area (Å²) < 4.78 is 39.1. The molecule has 0 bridgehead atoms. The van der Waals surface area contributed by atoms with Crippen LogP contribution in [-0.4, -0.2) is 52.9 Å². The summed E-state index contributed by atoms with van der Waals surface area (Å²) in [4.78, 5) is 9.43. The second-order valence-electron chi connectivity index (χ2n) is 10.7. The molecule has 2 aromatic rings. The van der Waals surface area contributed by atoms with Gasteiger partial charge in [-0.1, -0.05) is 24.7 Å². The zero-order valence-corrected chi connectivity index (χ0v) is 20.7. The lowest BCUT2D eigenvalue weighted by Gasteiger charge is -2.56. The number of anilines is 2. The van der Waals surface area contributed by atoms with Crippen molar-refractivity contribution >= 4 is 11.5 Å². The van der Waals surface area contributed by atoms with Gasteiger partial charge in [-0.25, -0.2) is 4.98 Å². The number of pyridine rings is 1. The van der Waals surface area contributed by atoms with Gasteiger partial charge in [-0.15, -0.1) is 0 Å². The Kier molecular flexibility index (Phi) is 6.65. The van der Waals surface area contributed by atoms with Crippen LogP contribution in [0.4, 0.5) is 24.7 Å². The number of alkyl halides is 3. The van der Waals surface area contributed by atoms with E-state index in [2.05, 4.69) is 27.0 Å². The minimum atomic E-state index is -4.33. The van der Waals surface area contributed by atoms with Crippen LogP contribution in [0, 0.1) is 11.8 Å². The summed E-state index contributed by atoms with van der Waals surface area (Å²) in [5.74, 6) is 6.88. The highest BCUT2D eigenvalue weighted by molar-refractivity contribution is 5.53. The topological polar surface area (TPSA) is 51.6 Å². The van der Waals surface area contributed by atoms with Gasteiger partial charge >= 0.3 is 6.18 Å². The number of aliphatic hydroxyl groups is 1. The fourth-order valence-electron chi connectivity index (χ4n) is 5.89. The quantitative estimate of drug-likeness (QED) is 0.594. The van der Waals surface area contributed by atoms with E-state index >= 15 is 0 Å². The summed E-state index contributed by atoms with van der Waals surface area (Å²) in [6, 6.07) is 10.5. The molecule has 2 saturated heterocycles. The molecule has 4 unspecified atom stereocenters. The number of piperazine rings is 1. The number of hydrogen-bond donors (Lipinski definition) is 2. The van der Waals surface area contributed by atoms with Crippen molar-refractivity contribution in [2.45, 2.75) is 81.9 Å². The molecule has 0 amide bonds. The van der Waals surface area contributed by atoms with Crippen LogP contribution < -0.4 is 15.1 Å². The van der Waals surface area contributed by atoms with Crippen LogP contribution in [0.15, 0.2) is 42.6 Å². The molecule has 5 nitrogen and oxygen atoms in total. The number of rotatable bonds is 2. The normalized spacial score (nSPS) is 26.5. The van der Waals surface area contributed by atoms with E-state index in [-0.39, 0.29) is 12.1 Å². The van der Waals surface area contributed by atoms with E-state index in [9.17, 15) is 18.3 Å². The fraction of sp³-hybridized carbons (Fsp3) is 0.536. The molecule has 3 fully saturated rings. The Bertz CT molecular complexity index is 1130. The van der Waals surface area contributed by atoms with Gasteiger partial charge in [0.25, 0.3) is 0 Å². The third-order valence-electron chi connectivity index (χ3n) is 7.53. The average molecular weight is 499 g/mol. The van der Waals surface area contributed by atoms with Gasteiger partial charge < -0.3 is 20.2 Å². The van der Waals surface area contributed by atoms with Gasteiger partial charge in [0.2, 0.25) is 0 Å². The molecule has 2 N–H and O–H groups in total. The molecule has 1 saturated carbocycles. The van der Waals surface area contributed by atoms with Crippen LogP contribution in [0.1, 0.15) is 57.1 Å². The van der Waals surface area contributed by atoms with E-state index < -0.39 is 17.3 Å². The van der Waals surface area contributed by atoms with Crippen molar-refractivity contribution < 1.29 is 18.3 Å². The van der Waals surface area contributed by atoms with Crippen LogP contribution in [0.3, 0.4) is 0 Å². The number of benzene rings is 1. The summed E-state index contributed by atoms with van der Waals surface area (Å²) in [5, 5.41) is 13.9. The molecule has 1 aromatic carbocycles. The lowest BCUT2D eigenvalue weighted by atomic mass is 9.81. The number of nitrogens with one attached hydrogen (secondary N) is 1. The molecular weight excluding hydrogens is 465 g/mol. The van der Waals surface area contributed by atoms with Gasteiger partial charge in [-0.05, 0) is 69.5 Å². The molecule has 0 radical (unpaired) electrons. The van der Waals surface area contributed by atoms with Crippen LogP contribution in [0.25, 0.3) is 0 Å². The molecule has 36 heavy (non-hydrogen) atoms. The standard InChI is InChI=1S/C28H33F3N4O/c1-27(2,36)14-11-19-12-15-32-26(17-19)35-24-6-4-3-5-22(24)33-23-18-34(16-13-25(23)35)21-9-7-20(8-10-21)28(29,30)31/h7-10,12,15,17,22-25,33,36H,3-6,13,16,18H2,1-2H3. The Morgan fingerprint density at radius 1 is 1.00 bits per heavy atom. The molecule has 0 spiro atoms. The maximum atomic E-state index is 13.0. The van der Waals surface area contributed by atoms with Crippen molar-refractivity contribution in [2.24, 2.45) is 0 Å². The van der Waals surface area contributed by atoms with Crippen molar-refractivity contribution in [3.63, 3.8) is 0 Å². The van der Waals surface area contributed by atoms with E-state index in [0.29, 0.717) is 12.1 Å². The second-order valence-corrected chi connectivity index (χ2v) is 10.7. The van der Waals surface area contributed by atoms with Gasteiger partial charge in [-0.2, -0.15) is 13.2 Å². The van der Waals surface area contributed by atoms with E-state index in [1.54, 1.807) is 32.2 Å². The molecular formula is C28H33F3N4O.